The molecule has 1 atom stereocenters. The molecule has 1 fully saturated rings. The van der Waals surface area contributed by atoms with E-state index >= 15 is 0 Å². The molecule has 1 aromatic rings. The summed E-state index contributed by atoms with van der Waals surface area (Å²) in [6, 6.07) is 4.75. The zero-order chi connectivity index (χ0) is 12.3. The molecule has 0 bridgehead atoms. The van der Waals surface area contributed by atoms with Crippen LogP contribution in [-0.4, -0.2) is 22.8 Å². The van der Waals surface area contributed by atoms with Crippen molar-refractivity contribution >= 4 is 23.5 Å². The van der Waals surface area contributed by atoms with Crippen LogP contribution in [0.3, 0.4) is 0 Å². The summed E-state index contributed by atoms with van der Waals surface area (Å²) in [5, 5.41) is 5.22. The Morgan fingerprint density at radius 2 is 2.12 bits per heavy atom. The second-order valence-corrected chi connectivity index (χ2v) is 3.70. The molecule has 1 unspecified atom stereocenters. The highest BCUT2D eigenvalue weighted by Crippen LogP contribution is 2.13. The van der Waals surface area contributed by atoms with Gasteiger partial charge in [-0.15, -0.1) is 0 Å². The minimum absolute atomic E-state index is 0.238. The maximum Gasteiger partial charge on any atom is 0.249 e. The largest absolute Gasteiger partial charge is 0.358 e. The summed E-state index contributed by atoms with van der Waals surface area (Å²) in [5.41, 5.74) is 2.42. The van der Waals surface area contributed by atoms with E-state index in [4.69, 9.17) is 5.84 Å². The lowest BCUT2D eigenvalue weighted by Crippen LogP contribution is -2.47. The highest BCUT2D eigenvalue weighted by molar-refractivity contribution is 6.01. The summed E-state index contributed by atoms with van der Waals surface area (Å²) in [6.07, 6.45) is 0.796. The highest BCUT2D eigenvalue weighted by atomic mass is 16.2. The molecule has 0 aliphatic carbocycles. The second-order valence-electron chi connectivity index (χ2n) is 3.70. The maximum absolute atomic E-state index is 11.5. The van der Waals surface area contributed by atoms with E-state index in [1.165, 1.54) is 0 Å². The molecule has 2 heterocycles. The first-order valence-corrected chi connectivity index (χ1v) is 5.23. The van der Waals surface area contributed by atoms with Crippen molar-refractivity contribution in [3.05, 3.63) is 18.2 Å². The van der Waals surface area contributed by atoms with Gasteiger partial charge in [-0.3, -0.25) is 14.9 Å². The van der Waals surface area contributed by atoms with Gasteiger partial charge in [0.15, 0.2) is 0 Å². The molecular formula is C10H13N5O2. The molecule has 0 spiro atoms. The van der Waals surface area contributed by atoms with Crippen molar-refractivity contribution in [2.24, 2.45) is 5.84 Å². The average Bonchev–Trinajstić information content (AvgIpc) is 2.33. The number of hydrogen-bond acceptors (Lipinski definition) is 6. The molecule has 0 saturated carbocycles. The van der Waals surface area contributed by atoms with Crippen LogP contribution in [0.4, 0.5) is 11.6 Å². The summed E-state index contributed by atoms with van der Waals surface area (Å²) < 4.78 is 0. The third kappa shape index (κ3) is 2.70. The maximum atomic E-state index is 11.5. The van der Waals surface area contributed by atoms with Gasteiger partial charge in [0.2, 0.25) is 11.8 Å². The van der Waals surface area contributed by atoms with Crippen LogP contribution in [0.25, 0.3) is 0 Å². The quantitative estimate of drug-likeness (QED) is 0.322. The predicted octanol–water partition coefficient (Wildman–Crippen LogP) is -0.416. The first-order valence-electron chi connectivity index (χ1n) is 5.23. The van der Waals surface area contributed by atoms with Crippen molar-refractivity contribution < 1.29 is 9.59 Å². The Balaban J connectivity index is 2.05. The van der Waals surface area contributed by atoms with Gasteiger partial charge in [-0.25, -0.2) is 10.8 Å². The number of hydrazine groups is 1. The molecule has 1 aliphatic heterocycles. The number of amides is 2. The Labute approximate surface area is 97.8 Å². The van der Waals surface area contributed by atoms with Gasteiger partial charge in [0.05, 0.1) is 0 Å². The number of nitrogens with one attached hydrogen (secondary N) is 3. The number of nitrogen functional groups attached to an aromatic ring is 1. The van der Waals surface area contributed by atoms with E-state index in [0.29, 0.717) is 24.5 Å². The van der Waals surface area contributed by atoms with E-state index in [1.54, 1.807) is 18.2 Å². The van der Waals surface area contributed by atoms with Crippen molar-refractivity contribution in [1.82, 2.24) is 10.3 Å². The zero-order valence-electron chi connectivity index (χ0n) is 9.06. The number of carbonyl (C=O) groups is 2. The van der Waals surface area contributed by atoms with Gasteiger partial charge < -0.3 is 10.7 Å². The van der Waals surface area contributed by atoms with Crippen LogP contribution in [0.15, 0.2) is 18.2 Å². The fourth-order valence-electron chi connectivity index (χ4n) is 1.61. The first-order chi connectivity index (χ1) is 8.19. The van der Waals surface area contributed by atoms with Gasteiger partial charge in [-0.1, -0.05) is 6.07 Å². The van der Waals surface area contributed by atoms with Gasteiger partial charge >= 0.3 is 0 Å². The average molecular weight is 235 g/mol. The summed E-state index contributed by atoms with van der Waals surface area (Å²) in [5.74, 6) is 5.71. The minimum atomic E-state index is -0.437. The monoisotopic (exact) mass is 235 g/mol. The molecule has 90 valence electrons. The van der Waals surface area contributed by atoms with Crippen LogP contribution in [0.1, 0.15) is 12.8 Å². The molecule has 17 heavy (non-hydrogen) atoms. The molecule has 2 rings (SSSR count). The van der Waals surface area contributed by atoms with Crippen molar-refractivity contribution in [2.45, 2.75) is 18.9 Å². The van der Waals surface area contributed by atoms with Crippen LogP contribution in [0.2, 0.25) is 0 Å². The van der Waals surface area contributed by atoms with Crippen molar-refractivity contribution in [3.63, 3.8) is 0 Å². The lowest BCUT2D eigenvalue weighted by atomic mass is 10.1. The van der Waals surface area contributed by atoms with E-state index < -0.39 is 6.04 Å². The molecule has 1 saturated heterocycles. The molecule has 1 aliphatic rings. The minimum Gasteiger partial charge on any atom is -0.358 e. The number of aromatic nitrogens is 1. The van der Waals surface area contributed by atoms with Gasteiger partial charge in [0.25, 0.3) is 0 Å². The second kappa shape index (κ2) is 4.79. The summed E-state index contributed by atoms with van der Waals surface area (Å²) in [4.78, 5) is 26.6. The molecule has 2 amide bonds. The molecule has 7 heteroatoms. The van der Waals surface area contributed by atoms with Crippen LogP contribution in [-0.2, 0) is 9.59 Å². The molecule has 0 aromatic carbocycles. The third-order valence-electron chi connectivity index (χ3n) is 2.46. The number of imide groups is 1. The Morgan fingerprint density at radius 1 is 1.35 bits per heavy atom. The van der Waals surface area contributed by atoms with Crippen molar-refractivity contribution in [1.29, 1.82) is 0 Å². The zero-order valence-corrected chi connectivity index (χ0v) is 9.06. The smallest absolute Gasteiger partial charge is 0.249 e. The number of rotatable bonds is 3. The van der Waals surface area contributed by atoms with Crippen LogP contribution >= 0.6 is 0 Å². The fourth-order valence-corrected chi connectivity index (χ4v) is 1.61. The Morgan fingerprint density at radius 3 is 2.82 bits per heavy atom. The van der Waals surface area contributed by atoms with Crippen molar-refractivity contribution in [2.75, 3.05) is 10.7 Å². The number of nitrogens with zero attached hydrogens (tertiary/aromatic N) is 1. The summed E-state index contributed by atoms with van der Waals surface area (Å²) in [7, 11) is 0. The molecule has 0 radical (unpaired) electrons. The standard InChI is InChI=1S/C10H13N5O2/c11-15-8-3-1-2-7(13-8)12-6-4-5-9(16)14-10(6)17/h1-3,6H,4-5,11H2,(H2,12,13,15)(H,14,16,17). The van der Waals surface area contributed by atoms with Crippen molar-refractivity contribution in [3.8, 4) is 0 Å². The highest BCUT2D eigenvalue weighted by Gasteiger charge is 2.26. The van der Waals surface area contributed by atoms with E-state index in [2.05, 4.69) is 21.0 Å². The lowest BCUT2D eigenvalue weighted by molar-refractivity contribution is -0.133. The summed E-state index contributed by atoms with van der Waals surface area (Å²) >= 11 is 0. The van der Waals surface area contributed by atoms with E-state index in [9.17, 15) is 9.59 Å². The van der Waals surface area contributed by atoms with Gasteiger partial charge in [-0.2, -0.15) is 0 Å². The Hall–Kier alpha value is -2.15. The van der Waals surface area contributed by atoms with Gasteiger partial charge in [0, 0.05) is 6.42 Å². The molecule has 7 nitrogen and oxygen atoms in total. The summed E-state index contributed by atoms with van der Waals surface area (Å²) in [6.45, 7) is 0. The number of carbonyl (C=O) groups excluding carboxylic acids is 2. The van der Waals surface area contributed by atoms with Crippen LogP contribution in [0.5, 0.6) is 0 Å². The van der Waals surface area contributed by atoms with E-state index in [0.717, 1.165) is 0 Å². The topological polar surface area (TPSA) is 109 Å². The number of hydrogen-bond donors (Lipinski definition) is 4. The number of nitrogens with two attached hydrogens (primary N) is 1. The number of pyridine rings is 1. The van der Waals surface area contributed by atoms with Crippen LogP contribution < -0.4 is 21.9 Å². The molecular weight excluding hydrogens is 222 g/mol. The fraction of sp³-hybridized carbons (Fsp3) is 0.300. The predicted molar refractivity (Wildman–Crippen MR) is 61.8 cm³/mol. The third-order valence-corrected chi connectivity index (χ3v) is 2.46. The SMILES string of the molecule is NNc1cccc(NC2CCC(=O)NC2=O)n1. The number of anilines is 2. The van der Waals surface area contributed by atoms with E-state index in [1.807, 2.05) is 0 Å². The molecule has 1 aromatic heterocycles. The molecule has 5 N–H and O–H groups in total. The first kappa shape index (κ1) is 11.3. The van der Waals surface area contributed by atoms with Gasteiger partial charge in [0.1, 0.15) is 17.7 Å². The number of piperidine rings is 1. The van der Waals surface area contributed by atoms with Crippen LogP contribution in [0, 0.1) is 0 Å². The normalized spacial score (nSPS) is 19.7. The van der Waals surface area contributed by atoms with E-state index in [-0.39, 0.29) is 11.8 Å². The lowest BCUT2D eigenvalue weighted by Gasteiger charge is -2.22. The Kier molecular flexibility index (Phi) is 3.20. The Bertz CT molecular complexity index is 448. The van der Waals surface area contributed by atoms with Gasteiger partial charge in [-0.05, 0) is 18.6 Å².